The summed E-state index contributed by atoms with van der Waals surface area (Å²) in [5.41, 5.74) is 1.06. The van der Waals surface area contributed by atoms with Gasteiger partial charge in [0.1, 0.15) is 11.7 Å². The Bertz CT molecular complexity index is 871. The van der Waals surface area contributed by atoms with E-state index in [1.807, 2.05) is 13.8 Å². The largest absolute Gasteiger partial charge is 0.354 e. The topological polar surface area (TPSA) is 74.3 Å². The smallest absolute Gasteiger partial charge is 0.274 e. The number of thiazole rings is 1. The van der Waals surface area contributed by atoms with Gasteiger partial charge in [0, 0.05) is 24.2 Å². The second-order valence-corrected chi connectivity index (χ2v) is 8.76. The average Bonchev–Trinajstić information content (AvgIpc) is 3.32. The van der Waals surface area contributed by atoms with Crippen LogP contribution in [0.25, 0.3) is 0 Å². The number of carbonyl (C=O) groups is 2. The second kappa shape index (κ2) is 9.11. The van der Waals surface area contributed by atoms with Crippen LogP contribution in [0.15, 0.2) is 23.6 Å². The van der Waals surface area contributed by atoms with Crippen molar-refractivity contribution in [3.8, 4) is 0 Å². The van der Waals surface area contributed by atoms with Crippen molar-refractivity contribution in [3.05, 3.63) is 39.3 Å². The van der Waals surface area contributed by atoms with Crippen molar-refractivity contribution in [1.82, 2.24) is 15.2 Å². The molecule has 2 heterocycles. The molecule has 0 spiro atoms. The molecule has 6 nitrogen and oxygen atoms in total. The Balaban J connectivity index is 1.67. The van der Waals surface area contributed by atoms with Gasteiger partial charge in [-0.3, -0.25) is 9.59 Å². The summed E-state index contributed by atoms with van der Waals surface area (Å²) in [5.74, 6) is 0.0487. The molecule has 1 atom stereocenters. The molecule has 28 heavy (non-hydrogen) atoms. The lowest BCUT2D eigenvalue weighted by Gasteiger charge is -2.23. The maximum atomic E-state index is 12.9. The molecule has 1 unspecified atom stereocenters. The quantitative estimate of drug-likeness (QED) is 0.689. The van der Waals surface area contributed by atoms with Gasteiger partial charge in [-0.25, -0.2) is 4.98 Å². The van der Waals surface area contributed by atoms with Crippen molar-refractivity contribution in [2.75, 3.05) is 18.4 Å². The van der Waals surface area contributed by atoms with Crippen LogP contribution in [-0.2, 0) is 4.79 Å². The van der Waals surface area contributed by atoms with Crippen LogP contribution < -0.4 is 10.6 Å². The van der Waals surface area contributed by atoms with Gasteiger partial charge < -0.3 is 15.5 Å². The number of amides is 2. The van der Waals surface area contributed by atoms with E-state index in [1.54, 1.807) is 28.5 Å². The molecule has 1 saturated heterocycles. The molecule has 3 rings (SSSR count). The Morgan fingerprint density at radius 3 is 2.82 bits per heavy atom. The van der Waals surface area contributed by atoms with E-state index in [0.29, 0.717) is 46.3 Å². The van der Waals surface area contributed by atoms with Crippen molar-refractivity contribution in [2.24, 2.45) is 5.92 Å². The van der Waals surface area contributed by atoms with Crippen LogP contribution in [0, 0.1) is 5.92 Å². The summed E-state index contributed by atoms with van der Waals surface area (Å²) < 4.78 is 0. The predicted molar refractivity (Wildman–Crippen MR) is 114 cm³/mol. The number of likely N-dealkylation sites (tertiary alicyclic amines) is 1. The first-order chi connectivity index (χ1) is 13.3. The summed E-state index contributed by atoms with van der Waals surface area (Å²) in [7, 11) is 0. The zero-order valence-corrected chi connectivity index (χ0v) is 18.0. The zero-order valence-electron chi connectivity index (χ0n) is 15.7. The van der Waals surface area contributed by atoms with Crippen molar-refractivity contribution in [1.29, 1.82) is 0 Å². The first kappa shape index (κ1) is 20.9. The van der Waals surface area contributed by atoms with E-state index in [1.165, 1.54) is 11.3 Å². The minimum absolute atomic E-state index is 0.0936. The molecule has 1 aliphatic rings. The highest BCUT2D eigenvalue weighted by Crippen LogP contribution is 2.29. The Hall–Kier alpha value is -1.83. The summed E-state index contributed by atoms with van der Waals surface area (Å²) in [6.45, 7) is 5.24. The molecule has 1 aromatic heterocycles. The van der Waals surface area contributed by atoms with Gasteiger partial charge in [-0.15, -0.1) is 11.3 Å². The summed E-state index contributed by atoms with van der Waals surface area (Å²) in [4.78, 5) is 31.3. The number of benzene rings is 1. The molecule has 2 aromatic rings. The third kappa shape index (κ3) is 4.96. The zero-order chi connectivity index (χ0) is 20.3. The number of aromatic nitrogens is 1. The standard InChI is InChI=1S/C19H22Cl2N4O2S/c1-11(2)9-22-17(26)16-4-3-7-25(16)18(27)15-10-28-19(24-15)23-12-5-6-13(20)14(21)8-12/h5-6,8,10-11,16H,3-4,7,9H2,1-2H3,(H,22,26)(H,23,24). The molecule has 0 aliphatic carbocycles. The van der Waals surface area contributed by atoms with Crippen molar-refractivity contribution >= 4 is 57.2 Å². The lowest BCUT2D eigenvalue weighted by Crippen LogP contribution is -2.46. The summed E-state index contributed by atoms with van der Waals surface area (Å²) in [5, 5.41) is 9.22. The highest BCUT2D eigenvalue weighted by Gasteiger charge is 2.35. The summed E-state index contributed by atoms with van der Waals surface area (Å²) in [6.07, 6.45) is 1.48. The van der Waals surface area contributed by atoms with Crippen LogP contribution in [0.4, 0.5) is 10.8 Å². The van der Waals surface area contributed by atoms with Crippen LogP contribution in [0.1, 0.15) is 37.2 Å². The molecule has 1 aliphatic heterocycles. The van der Waals surface area contributed by atoms with E-state index in [-0.39, 0.29) is 11.8 Å². The molecule has 2 N–H and O–H groups in total. The van der Waals surface area contributed by atoms with Gasteiger partial charge in [-0.1, -0.05) is 37.0 Å². The van der Waals surface area contributed by atoms with Crippen LogP contribution in [0.5, 0.6) is 0 Å². The van der Waals surface area contributed by atoms with E-state index in [4.69, 9.17) is 23.2 Å². The van der Waals surface area contributed by atoms with Gasteiger partial charge in [-0.2, -0.15) is 0 Å². The predicted octanol–water partition coefficient (Wildman–Crippen LogP) is 4.57. The Morgan fingerprint density at radius 2 is 2.11 bits per heavy atom. The fourth-order valence-corrected chi connectivity index (χ4v) is 3.98. The number of anilines is 2. The first-order valence-corrected chi connectivity index (χ1v) is 10.7. The van der Waals surface area contributed by atoms with Crippen molar-refractivity contribution < 1.29 is 9.59 Å². The fourth-order valence-electron chi connectivity index (χ4n) is 2.98. The van der Waals surface area contributed by atoms with Gasteiger partial charge >= 0.3 is 0 Å². The third-order valence-corrected chi connectivity index (χ3v) is 5.89. The molecular formula is C19H22Cl2N4O2S. The van der Waals surface area contributed by atoms with Gasteiger partial charge in [0.25, 0.3) is 5.91 Å². The number of nitrogens with zero attached hydrogens (tertiary/aromatic N) is 2. The minimum Gasteiger partial charge on any atom is -0.354 e. The molecule has 2 amide bonds. The number of hydrogen-bond donors (Lipinski definition) is 2. The van der Waals surface area contributed by atoms with Gasteiger partial charge in [0.05, 0.1) is 10.0 Å². The van der Waals surface area contributed by atoms with Gasteiger partial charge in [0.2, 0.25) is 5.91 Å². The minimum atomic E-state index is -0.431. The van der Waals surface area contributed by atoms with Crippen LogP contribution in [0.2, 0.25) is 10.0 Å². The fraction of sp³-hybridized carbons (Fsp3) is 0.421. The van der Waals surface area contributed by atoms with E-state index in [2.05, 4.69) is 15.6 Å². The van der Waals surface area contributed by atoms with Crippen molar-refractivity contribution in [3.63, 3.8) is 0 Å². The Labute approximate surface area is 178 Å². The molecule has 0 radical (unpaired) electrons. The van der Waals surface area contributed by atoms with E-state index >= 15 is 0 Å². The molecular weight excluding hydrogens is 419 g/mol. The van der Waals surface area contributed by atoms with Crippen LogP contribution >= 0.6 is 34.5 Å². The Morgan fingerprint density at radius 1 is 1.32 bits per heavy atom. The lowest BCUT2D eigenvalue weighted by molar-refractivity contribution is -0.125. The molecule has 1 fully saturated rings. The Kier molecular flexibility index (Phi) is 6.80. The number of nitrogens with one attached hydrogen (secondary N) is 2. The number of halogens is 2. The lowest BCUT2D eigenvalue weighted by atomic mass is 10.1. The molecule has 9 heteroatoms. The molecule has 0 saturated carbocycles. The molecule has 0 bridgehead atoms. The molecule has 150 valence electrons. The monoisotopic (exact) mass is 440 g/mol. The van der Waals surface area contributed by atoms with Gasteiger partial charge in [0.15, 0.2) is 5.13 Å². The number of hydrogen-bond acceptors (Lipinski definition) is 5. The maximum Gasteiger partial charge on any atom is 0.274 e. The number of carbonyl (C=O) groups excluding carboxylic acids is 2. The normalized spacial score (nSPS) is 16.5. The van der Waals surface area contributed by atoms with Crippen LogP contribution in [0.3, 0.4) is 0 Å². The van der Waals surface area contributed by atoms with E-state index in [9.17, 15) is 9.59 Å². The average molecular weight is 441 g/mol. The highest BCUT2D eigenvalue weighted by atomic mass is 35.5. The second-order valence-electron chi connectivity index (χ2n) is 7.09. The summed E-state index contributed by atoms with van der Waals surface area (Å²) >= 11 is 13.3. The maximum absolute atomic E-state index is 12.9. The van der Waals surface area contributed by atoms with Gasteiger partial charge in [-0.05, 0) is 37.0 Å². The third-order valence-electron chi connectivity index (χ3n) is 4.40. The van der Waals surface area contributed by atoms with E-state index in [0.717, 1.165) is 12.1 Å². The molecule has 1 aromatic carbocycles. The summed E-state index contributed by atoms with van der Waals surface area (Å²) in [6, 6.07) is 4.74. The number of rotatable bonds is 6. The first-order valence-electron chi connectivity index (χ1n) is 9.11. The SMILES string of the molecule is CC(C)CNC(=O)C1CCCN1C(=O)c1csc(Nc2ccc(Cl)c(Cl)c2)n1. The van der Waals surface area contributed by atoms with Crippen molar-refractivity contribution in [2.45, 2.75) is 32.7 Å². The van der Waals surface area contributed by atoms with Crippen LogP contribution in [-0.4, -0.2) is 40.8 Å². The van der Waals surface area contributed by atoms with E-state index < -0.39 is 6.04 Å². The highest BCUT2D eigenvalue weighted by molar-refractivity contribution is 7.14.